The number of nitrogens with zero attached hydrogens (tertiary/aromatic N) is 6. The molecule has 23 rings (SSSR count). The molecule has 15 aromatic carbocycles. The lowest BCUT2D eigenvalue weighted by atomic mass is 9.66. The number of hydrogen-bond acceptors (Lipinski definition) is 6. The Hall–Kier alpha value is -14.3. The van der Waals surface area contributed by atoms with Crippen LogP contribution in [0.5, 0.6) is 23.0 Å². The van der Waals surface area contributed by atoms with Gasteiger partial charge in [-0.2, -0.15) is 0 Å². The van der Waals surface area contributed by atoms with E-state index < -0.39 is 10.8 Å². The van der Waals surface area contributed by atoms with Crippen LogP contribution in [0.4, 0.5) is 0 Å². The Morgan fingerprint density at radius 3 is 1.20 bits per heavy atom. The first kappa shape index (κ1) is 60.1. The molecule has 6 heterocycles. The number of fused-ring (bicyclic) bond motifs is 24. The fraction of sp³-hybridized carbons (Fsp3) is 0.0200. The lowest BCUT2D eigenvalue weighted by Crippen LogP contribution is -2.32. The molecule has 0 saturated carbocycles. The summed E-state index contributed by atoms with van der Waals surface area (Å²) in [6, 6.07) is 131. The molecule has 2 aliphatic carbocycles. The van der Waals surface area contributed by atoms with Crippen molar-refractivity contribution in [2.75, 3.05) is 0 Å². The van der Waals surface area contributed by atoms with E-state index in [2.05, 4.69) is 349 Å². The topological polar surface area (TPSA) is 79.9 Å². The van der Waals surface area contributed by atoms with Crippen LogP contribution in [0.2, 0.25) is 0 Å². The predicted octanol–water partition coefficient (Wildman–Crippen LogP) is 24.4. The standard InChI is InChI=1S/C100H60N6O2/c1-4-26-61(27-5-1)85-59-86(102-97(101-85)63-30-8-3-9-31-63)66-33-25-35-68(53-66)105-89-51-50-65(54-74(89)76-56-95-83(57-90(76)105)99(81-45-19-23-49-93(81)108-95)77-41-15-10-36-69(77)70-37-11-16-42-78(70)99)64-32-24-34-67(52-64)98-103-87(62-28-6-2-7-29-62)60-96(104-98)106-88-47-21-14-40-73(88)75-55-94-84(58-91(75)106)100(82-46-20-22-48-92(82)107-94)79-43-17-12-38-71(79)72-39-13-18-44-80(72)100/h1-60H. The van der Waals surface area contributed by atoms with Crippen molar-refractivity contribution in [3.05, 3.63) is 408 Å². The highest BCUT2D eigenvalue weighted by molar-refractivity contribution is 6.13. The van der Waals surface area contributed by atoms with E-state index in [0.717, 1.165) is 156 Å². The summed E-state index contributed by atoms with van der Waals surface area (Å²) in [6.07, 6.45) is 0. The third-order valence-corrected chi connectivity index (χ3v) is 23.1. The number of benzene rings is 15. The molecule has 8 heteroatoms. The maximum Gasteiger partial charge on any atom is 0.162 e. The maximum absolute atomic E-state index is 7.28. The third-order valence-electron chi connectivity index (χ3n) is 23.1. The first-order valence-corrected chi connectivity index (χ1v) is 36.8. The normalized spacial score (nSPS) is 13.5. The quantitative estimate of drug-likeness (QED) is 0.151. The van der Waals surface area contributed by atoms with Gasteiger partial charge in [0.1, 0.15) is 28.8 Å². The van der Waals surface area contributed by atoms with Gasteiger partial charge >= 0.3 is 0 Å². The molecule has 8 nitrogen and oxygen atoms in total. The average molecular weight is 1380 g/mol. The molecule has 0 saturated heterocycles. The monoisotopic (exact) mass is 1380 g/mol. The van der Waals surface area contributed by atoms with Crippen LogP contribution in [0.3, 0.4) is 0 Å². The number of ether oxygens (including phenoxy) is 2. The fourth-order valence-electron chi connectivity index (χ4n) is 18.5. The average Bonchev–Trinajstić information content (AvgIpc) is 1.51. The zero-order valence-corrected chi connectivity index (χ0v) is 58.1. The van der Waals surface area contributed by atoms with Crippen molar-refractivity contribution in [3.8, 4) is 124 Å². The highest BCUT2D eigenvalue weighted by atomic mass is 16.5. The van der Waals surface area contributed by atoms with Gasteiger partial charge in [0.05, 0.1) is 50.0 Å². The Bertz CT molecular complexity index is 6870. The van der Waals surface area contributed by atoms with Gasteiger partial charge in [0, 0.05) is 83.4 Å². The Labute approximate surface area is 622 Å². The van der Waals surface area contributed by atoms with Crippen molar-refractivity contribution < 1.29 is 9.47 Å². The molecule has 0 atom stereocenters. The lowest BCUT2D eigenvalue weighted by molar-refractivity contribution is 0.437. The Morgan fingerprint density at radius 1 is 0.213 bits per heavy atom. The second-order valence-electron chi connectivity index (χ2n) is 28.7. The SMILES string of the molecule is c1ccc(-c2cc(-c3cccc(-n4c5ccc(-c6cccc(-c7nc(-c8ccccc8)cc(-n8c9ccccc9c9cc%10c(cc98)C8(c9ccccc9O%10)c9ccccc9-c9ccccc98)n7)c6)cc5c5cc6c(cc54)C4(c5ccccc5O6)c5ccccc5-c5ccccc54)c3)nc(-c3ccccc3)n2)cc1. The van der Waals surface area contributed by atoms with Gasteiger partial charge < -0.3 is 14.0 Å². The van der Waals surface area contributed by atoms with Crippen molar-refractivity contribution in [2.45, 2.75) is 10.8 Å². The van der Waals surface area contributed by atoms with E-state index in [9.17, 15) is 0 Å². The van der Waals surface area contributed by atoms with Gasteiger partial charge in [0.2, 0.25) is 0 Å². The molecular formula is C100H60N6O2. The number of hydrogen-bond donors (Lipinski definition) is 0. The molecule has 502 valence electrons. The van der Waals surface area contributed by atoms with Crippen molar-refractivity contribution in [1.29, 1.82) is 0 Å². The van der Waals surface area contributed by atoms with E-state index in [-0.39, 0.29) is 0 Å². The van der Waals surface area contributed by atoms with Crippen LogP contribution < -0.4 is 9.47 Å². The first-order valence-electron chi connectivity index (χ1n) is 36.8. The second-order valence-corrected chi connectivity index (χ2v) is 28.7. The summed E-state index contributed by atoms with van der Waals surface area (Å²) in [5, 5.41) is 4.29. The van der Waals surface area contributed by atoms with Crippen molar-refractivity contribution in [2.24, 2.45) is 0 Å². The van der Waals surface area contributed by atoms with Gasteiger partial charge in [0.15, 0.2) is 11.6 Å². The molecule has 0 radical (unpaired) electrons. The summed E-state index contributed by atoms with van der Waals surface area (Å²) in [4.78, 5) is 21.8. The molecule has 0 N–H and O–H groups in total. The van der Waals surface area contributed by atoms with Crippen LogP contribution >= 0.6 is 0 Å². The maximum atomic E-state index is 7.28. The summed E-state index contributed by atoms with van der Waals surface area (Å²) in [6.45, 7) is 0. The van der Waals surface area contributed by atoms with Gasteiger partial charge in [0.25, 0.3) is 0 Å². The van der Waals surface area contributed by atoms with Gasteiger partial charge in [-0.3, -0.25) is 4.57 Å². The van der Waals surface area contributed by atoms with Gasteiger partial charge in [-0.05, 0) is 134 Å². The van der Waals surface area contributed by atoms with E-state index in [1.54, 1.807) is 0 Å². The molecule has 4 aliphatic rings. The summed E-state index contributed by atoms with van der Waals surface area (Å²) in [5.74, 6) is 5.36. The smallest absolute Gasteiger partial charge is 0.162 e. The zero-order valence-electron chi connectivity index (χ0n) is 58.1. The number of aromatic nitrogens is 6. The van der Waals surface area contributed by atoms with Gasteiger partial charge in [-0.15, -0.1) is 0 Å². The molecule has 0 bridgehead atoms. The highest BCUT2D eigenvalue weighted by Crippen LogP contribution is 2.65. The first-order chi connectivity index (χ1) is 53.5. The second kappa shape index (κ2) is 23.1. The van der Waals surface area contributed by atoms with E-state index in [1.807, 2.05) is 24.3 Å². The summed E-state index contributed by atoms with van der Waals surface area (Å²) >= 11 is 0. The van der Waals surface area contributed by atoms with Crippen molar-refractivity contribution >= 4 is 43.6 Å². The fourth-order valence-corrected chi connectivity index (χ4v) is 18.5. The minimum absolute atomic E-state index is 0.602. The molecule has 0 amide bonds. The van der Waals surface area contributed by atoms with Crippen LogP contribution in [0.15, 0.2) is 364 Å². The number of para-hydroxylation sites is 3. The largest absolute Gasteiger partial charge is 0.457 e. The molecule has 0 fully saturated rings. The highest BCUT2D eigenvalue weighted by Gasteiger charge is 2.53. The summed E-state index contributed by atoms with van der Waals surface area (Å²) in [7, 11) is 0. The van der Waals surface area contributed by atoms with E-state index >= 15 is 0 Å². The molecule has 19 aromatic rings. The van der Waals surface area contributed by atoms with Crippen LogP contribution in [0, 0.1) is 0 Å². The van der Waals surface area contributed by atoms with E-state index in [4.69, 9.17) is 29.4 Å². The third kappa shape index (κ3) is 8.62. The minimum Gasteiger partial charge on any atom is -0.457 e. The molecule has 108 heavy (non-hydrogen) atoms. The van der Waals surface area contributed by atoms with Crippen molar-refractivity contribution in [3.63, 3.8) is 0 Å². The summed E-state index contributed by atoms with van der Waals surface area (Å²) < 4.78 is 19.2. The number of rotatable bonds is 8. The van der Waals surface area contributed by atoms with Gasteiger partial charge in [-0.25, -0.2) is 19.9 Å². The van der Waals surface area contributed by atoms with E-state index in [0.29, 0.717) is 11.6 Å². The minimum atomic E-state index is -0.691. The molecule has 4 aromatic heterocycles. The van der Waals surface area contributed by atoms with Crippen molar-refractivity contribution in [1.82, 2.24) is 29.1 Å². The molecule has 0 unspecified atom stereocenters. The Morgan fingerprint density at radius 2 is 0.620 bits per heavy atom. The van der Waals surface area contributed by atoms with Crippen LogP contribution in [-0.2, 0) is 10.8 Å². The molecule has 2 spiro atoms. The predicted molar refractivity (Wildman–Crippen MR) is 434 cm³/mol. The van der Waals surface area contributed by atoms with Gasteiger partial charge in [-0.1, -0.05) is 279 Å². The van der Waals surface area contributed by atoms with Crippen LogP contribution in [-0.4, -0.2) is 29.1 Å². The molecular weight excluding hydrogens is 1320 g/mol. The Balaban J connectivity index is 0.720. The zero-order chi connectivity index (χ0) is 70.8. The Kier molecular flexibility index (Phi) is 12.8. The molecule has 2 aliphatic heterocycles. The van der Waals surface area contributed by atoms with Crippen LogP contribution in [0.1, 0.15) is 44.5 Å². The van der Waals surface area contributed by atoms with Crippen LogP contribution in [0.25, 0.3) is 145 Å². The van der Waals surface area contributed by atoms with E-state index in [1.165, 1.54) is 44.5 Å². The summed E-state index contributed by atoms with van der Waals surface area (Å²) in [5.41, 5.74) is 27.3. The lowest BCUT2D eigenvalue weighted by Gasteiger charge is -2.39.